The third-order valence-electron chi connectivity index (χ3n) is 4.21. The van der Waals surface area contributed by atoms with Crippen molar-refractivity contribution in [3.05, 3.63) is 82.9 Å². The first-order valence-corrected chi connectivity index (χ1v) is 8.67. The van der Waals surface area contributed by atoms with Crippen molar-refractivity contribution < 1.29 is 13.5 Å². The lowest BCUT2D eigenvalue weighted by atomic mass is 10.1. The van der Waals surface area contributed by atoms with Gasteiger partial charge in [-0.15, -0.1) is 0 Å². The van der Waals surface area contributed by atoms with Gasteiger partial charge >= 0.3 is 6.61 Å². The van der Waals surface area contributed by atoms with Crippen LogP contribution in [-0.4, -0.2) is 31.6 Å². The summed E-state index contributed by atoms with van der Waals surface area (Å²) in [4.78, 5) is 16.1. The van der Waals surface area contributed by atoms with Gasteiger partial charge in [-0.3, -0.25) is 9.89 Å². The van der Waals surface area contributed by atoms with E-state index in [1.54, 1.807) is 18.3 Å². The number of aromatic amines is 1. The summed E-state index contributed by atoms with van der Waals surface area (Å²) in [5, 5.41) is 11.4. The van der Waals surface area contributed by atoms with Crippen molar-refractivity contribution in [3.8, 4) is 28.4 Å². The van der Waals surface area contributed by atoms with Crippen molar-refractivity contribution in [2.45, 2.75) is 13.2 Å². The van der Waals surface area contributed by atoms with Gasteiger partial charge in [-0.25, -0.2) is 9.67 Å². The average molecular weight is 395 g/mol. The molecule has 4 rings (SSSR count). The molecule has 0 atom stereocenters. The second-order valence-electron chi connectivity index (χ2n) is 6.11. The Morgan fingerprint density at radius 2 is 1.83 bits per heavy atom. The molecule has 0 spiro atoms. The van der Waals surface area contributed by atoms with E-state index in [-0.39, 0.29) is 18.0 Å². The van der Waals surface area contributed by atoms with Gasteiger partial charge in [0, 0.05) is 29.5 Å². The van der Waals surface area contributed by atoms with Crippen molar-refractivity contribution in [1.29, 1.82) is 0 Å². The summed E-state index contributed by atoms with van der Waals surface area (Å²) in [6.45, 7) is -2.73. The maximum Gasteiger partial charge on any atom is 0.388 e. The Balaban J connectivity index is 1.62. The van der Waals surface area contributed by atoms with Crippen LogP contribution in [0.1, 0.15) is 5.56 Å². The van der Waals surface area contributed by atoms with E-state index in [1.807, 2.05) is 30.3 Å². The van der Waals surface area contributed by atoms with Gasteiger partial charge < -0.3 is 4.74 Å². The number of nitrogens with zero attached hydrogens (tertiary/aromatic N) is 4. The van der Waals surface area contributed by atoms with Crippen LogP contribution in [0.5, 0.6) is 5.88 Å². The smallest absolute Gasteiger partial charge is 0.388 e. The SMILES string of the molecule is O=c1ccc(-c2ccc(OC(F)F)nc2)nn1Cc1cn[nH]c1-c1ccccc1. The molecule has 1 aromatic carbocycles. The first-order chi connectivity index (χ1) is 14.1. The molecule has 29 heavy (non-hydrogen) atoms. The molecule has 0 unspecified atom stereocenters. The Kier molecular flexibility index (Phi) is 5.10. The van der Waals surface area contributed by atoms with Crippen LogP contribution >= 0.6 is 0 Å². The monoisotopic (exact) mass is 395 g/mol. The van der Waals surface area contributed by atoms with E-state index in [9.17, 15) is 13.6 Å². The number of aromatic nitrogens is 5. The first-order valence-electron chi connectivity index (χ1n) is 8.67. The van der Waals surface area contributed by atoms with Gasteiger partial charge in [0.2, 0.25) is 5.88 Å². The molecule has 0 saturated heterocycles. The Morgan fingerprint density at radius 1 is 1.00 bits per heavy atom. The van der Waals surface area contributed by atoms with Gasteiger partial charge in [0.05, 0.1) is 24.1 Å². The molecule has 3 aromatic heterocycles. The quantitative estimate of drug-likeness (QED) is 0.541. The third kappa shape index (κ3) is 4.18. The fraction of sp³-hybridized carbons (Fsp3) is 0.100. The molecule has 0 radical (unpaired) electrons. The van der Waals surface area contributed by atoms with E-state index in [0.717, 1.165) is 16.8 Å². The Morgan fingerprint density at radius 3 is 2.55 bits per heavy atom. The number of benzene rings is 1. The summed E-state index contributed by atoms with van der Waals surface area (Å²) in [6.07, 6.45) is 3.02. The molecular weight excluding hydrogens is 380 g/mol. The van der Waals surface area contributed by atoms with Crippen LogP contribution in [0.4, 0.5) is 8.78 Å². The predicted molar refractivity (Wildman–Crippen MR) is 101 cm³/mol. The molecule has 0 aliphatic carbocycles. The lowest BCUT2D eigenvalue weighted by Gasteiger charge is -2.08. The lowest BCUT2D eigenvalue weighted by Crippen LogP contribution is -2.23. The highest BCUT2D eigenvalue weighted by Gasteiger charge is 2.11. The maximum atomic E-state index is 12.3. The van der Waals surface area contributed by atoms with Crippen LogP contribution in [0.25, 0.3) is 22.5 Å². The van der Waals surface area contributed by atoms with Gasteiger partial charge in [-0.2, -0.15) is 19.0 Å². The third-order valence-corrected chi connectivity index (χ3v) is 4.21. The van der Waals surface area contributed by atoms with Gasteiger partial charge in [0.1, 0.15) is 0 Å². The minimum Gasteiger partial charge on any atom is -0.417 e. The van der Waals surface area contributed by atoms with Crippen molar-refractivity contribution in [2.75, 3.05) is 0 Å². The van der Waals surface area contributed by atoms with Crippen molar-refractivity contribution >= 4 is 0 Å². The van der Waals surface area contributed by atoms with Crippen LogP contribution in [0.2, 0.25) is 0 Å². The number of ether oxygens (including phenoxy) is 1. The molecule has 9 heteroatoms. The Labute approximate surface area is 163 Å². The molecule has 0 fully saturated rings. The molecular formula is C20H15F2N5O2. The van der Waals surface area contributed by atoms with Crippen LogP contribution in [-0.2, 0) is 6.54 Å². The van der Waals surface area contributed by atoms with Crippen LogP contribution < -0.4 is 10.3 Å². The van der Waals surface area contributed by atoms with Gasteiger partial charge in [0.25, 0.3) is 5.56 Å². The van der Waals surface area contributed by atoms with Crippen molar-refractivity contribution in [2.24, 2.45) is 0 Å². The molecule has 0 saturated carbocycles. The molecule has 3 heterocycles. The summed E-state index contributed by atoms with van der Waals surface area (Å²) in [5.41, 5.74) is 3.32. The first kappa shape index (κ1) is 18.5. The van der Waals surface area contributed by atoms with Crippen molar-refractivity contribution in [3.63, 3.8) is 0 Å². The number of hydrogen-bond donors (Lipinski definition) is 1. The van der Waals surface area contributed by atoms with Crippen LogP contribution in [0.3, 0.4) is 0 Å². The minimum atomic E-state index is -2.94. The summed E-state index contributed by atoms with van der Waals surface area (Å²) in [5.74, 6) is -0.192. The highest BCUT2D eigenvalue weighted by molar-refractivity contribution is 5.62. The van der Waals surface area contributed by atoms with Crippen LogP contribution in [0, 0.1) is 0 Å². The molecule has 146 valence electrons. The Bertz CT molecular complexity index is 1160. The number of alkyl halides is 2. The molecule has 4 aromatic rings. The summed E-state index contributed by atoms with van der Waals surface area (Å²) in [6, 6.07) is 15.5. The zero-order valence-electron chi connectivity index (χ0n) is 15.0. The number of nitrogens with one attached hydrogen (secondary N) is 1. The zero-order valence-corrected chi connectivity index (χ0v) is 15.0. The summed E-state index contributed by atoms with van der Waals surface area (Å²) < 4.78 is 30.1. The Hall–Kier alpha value is -3.88. The number of hydrogen-bond acceptors (Lipinski definition) is 5. The zero-order chi connectivity index (χ0) is 20.2. The molecule has 0 amide bonds. The molecule has 7 nitrogen and oxygen atoms in total. The average Bonchev–Trinajstić information content (AvgIpc) is 3.19. The van der Waals surface area contributed by atoms with Crippen LogP contribution in [0.15, 0.2) is 71.8 Å². The topological polar surface area (TPSA) is 85.7 Å². The molecule has 0 bridgehead atoms. The van der Waals surface area contributed by atoms with E-state index in [1.165, 1.54) is 23.0 Å². The van der Waals surface area contributed by atoms with Gasteiger partial charge in [-0.05, 0) is 17.7 Å². The molecule has 0 aliphatic heterocycles. The van der Waals surface area contributed by atoms with E-state index < -0.39 is 6.61 Å². The standard InChI is InChI=1S/C20H15F2N5O2/c21-20(22)29-17-8-6-14(10-23-17)16-7-9-18(28)27(26-16)12-15-11-24-25-19(15)13-4-2-1-3-5-13/h1-11,20H,12H2,(H,24,25). The second-order valence-corrected chi connectivity index (χ2v) is 6.11. The number of H-pyrrole nitrogens is 1. The summed E-state index contributed by atoms with van der Waals surface area (Å²) >= 11 is 0. The highest BCUT2D eigenvalue weighted by Crippen LogP contribution is 2.22. The van der Waals surface area contributed by atoms with Gasteiger partial charge in [0.15, 0.2) is 0 Å². The van der Waals surface area contributed by atoms with Gasteiger partial charge in [-0.1, -0.05) is 30.3 Å². The fourth-order valence-electron chi connectivity index (χ4n) is 2.86. The fourth-order valence-corrected chi connectivity index (χ4v) is 2.86. The maximum absolute atomic E-state index is 12.3. The molecule has 1 N–H and O–H groups in total. The second kappa shape index (κ2) is 8.01. The van der Waals surface area contributed by atoms with E-state index in [2.05, 4.69) is 25.0 Å². The highest BCUT2D eigenvalue weighted by atomic mass is 19.3. The number of pyridine rings is 1. The predicted octanol–water partition coefficient (Wildman–Crippen LogP) is 3.35. The van der Waals surface area contributed by atoms with E-state index >= 15 is 0 Å². The van der Waals surface area contributed by atoms with Crippen molar-refractivity contribution in [1.82, 2.24) is 25.0 Å². The summed E-state index contributed by atoms with van der Waals surface area (Å²) in [7, 11) is 0. The largest absolute Gasteiger partial charge is 0.417 e. The van der Waals surface area contributed by atoms with E-state index in [4.69, 9.17) is 0 Å². The minimum absolute atomic E-state index is 0.192. The number of rotatable bonds is 6. The lowest BCUT2D eigenvalue weighted by molar-refractivity contribution is -0.0528. The normalized spacial score (nSPS) is 11.0. The number of halogens is 2. The van der Waals surface area contributed by atoms with E-state index in [0.29, 0.717) is 11.3 Å². The molecule has 0 aliphatic rings.